The largest absolute Gasteiger partial charge is 0.352 e. The summed E-state index contributed by atoms with van der Waals surface area (Å²) in [7, 11) is 0. The van der Waals surface area contributed by atoms with Gasteiger partial charge in [0.05, 0.1) is 0 Å². The minimum atomic E-state index is -0.0172. The lowest BCUT2D eigenvalue weighted by Gasteiger charge is -2.40. The van der Waals surface area contributed by atoms with Crippen LogP contribution in [0.25, 0.3) is 0 Å². The second-order valence-corrected chi connectivity index (χ2v) is 6.59. The smallest absolute Gasteiger partial charge is 0.226 e. The lowest BCUT2D eigenvalue weighted by Crippen LogP contribution is -2.50. The van der Waals surface area contributed by atoms with Gasteiger partial charge in [0.25, 0.3) is 0 Å². The summed E-state index contributed by atoms with van der Waals surface area (Å²) in [5, 5.41) is 6.81. The molecule has 96 valence electrons. The van der Waals surface area contributed by atoms with Crippen LogP contribution >= 0.6 is 0 Å². The van der Waals surface area contributed by atoms with E-state index in [2.05, 4.69) is 17.6 Å². The van der Waals surface area contributed by atoms with Crippen LogP contribution in [0.4, 0.5) is 0 Å². The van der Waals surface area contributed by atoms with Gasteiger partial charge in [0.15, 0.2) is 0 Å². The fraction of sp³-hybridized carbons (Fsp3) is 0.929. The Morgan fingerprint density at radius 2 is 1.88 bits per heavy atom. The summed E-state index contributed by atoms with van der Waals surface area (Å²) in [5.74, 6) is 0.322. The average Bonchev–Trinajstić information content (AvgIpc) is 2.99. The Labute approximate surface area is 104 Å². The van der Waals surface area contributed by atoms with Gasteiger partial charge in [-0.25, -0.2) is 0 Å². The Balaban J connectivity index is 1.67. The summed E-state index contributed by atoms with van der Waals surface area (Å²) in [4.78, 5) is 12.2. The first-order chi connectivity index (χ1) is 8.15. The second-order valence-electron chi connectivity index (χ2n) is 6.59. The average molecular weight is 236 g/mol. The van der Waals surface area contributed by atoms with Crippen molar-refractivity contribution in [1.29, 1.82) is 0 Å². The lowest BCUT2D eigenvalue weighted by atomic mass is 9.74. The molecule has 3 rings (SSSR count). The van der Waals surface area contributed by atoms with Gasteiger partial charge in [-0.2, -0.15) is 0 Å². The van der Waals surface area contributed by atoms with Gasteiger partial charge in [0.1, 0.15) is 0 Å². The minimum absolute atomic E-state index is 0.0172. The number of amides is 1. The highest BCUT2D eigenvalue weighted by Crippen LogP contribution is 2.48. The molecule has 1 spiro atoms. The van der Waals surface area contributed by atoms with Crippen molar-refractivity contribution in [2.45, 2.75) is 57.9 Å². The number of hydrogen-bond donors (Lipinski definition) is 2. The molecule has 0 aromatic heterocycles. The highest BCUT2D eigenvalue weighted by atomic mass is 16.2. The lowest BCUT2D eigenvalue weighted by molar-refractivity contribution is -0.127. The van der Waals surface area contributed by atoms with E-state index in [1.165, 1.54) is 32.1 Å². The maximum absolute atomic E-state index is 12.2. The maximum Gasteiger partial charge on any atom is 0.226 e. The number of carbonyl (C=O) groups excluding carboxylic acids is 1. The van der Waals surface area contributed by atoms with Crippen LogP contribution in [-0.4, -0.2) is 25.0 Å². The molecule has 1 unspecified atom stereocenters. The number of hydrogen-bond acceptors (Lipinski definition) is 2. The Kier molecular flexibility index (Phi) is 2.69. The van der Waals surface area contributed by atoms with Crippen molar-refractivity contribution in [3.8, 4) is 0 Å². The molecule has 1 amide bonds. The molecule has 0 bridgehead atoms. The maximum atomic E-state index is 12.2. The van der Waals surface area contributed by atoms with Crippen LogP contribution in [-0.2, 0) is 4.79 Å². The standard InChI is InChI=1S/C14H24N2O/c1-13(5-6-13)12(17)16-11-3-2-4-14(11)7-9-15-10-8-14/h11,15H,2-10H2,1H3,(H,16,17). The number of rotatable bonds is 2. The van der Waals surface area contributed by atoms with Crippen LogP contribution in [0.2, 0.25) is 0 Å². The first-order valence-corrected chi connectivity index (χ1v) is 7.16. The molecule has 2 aliphatic carbocycles. The molecule has 2 N–H and O–H groups in total. The van der Waals surface area contributed by atoms with Crippen LogP contribution in [0.5, 0.6) is 0 Å². The summed E-state index contributed by atoms with van der Waals surface area (Å²) >= 11 is 0. The quantitative estimate of drug-likeness (QED) is 0.768. The Hall–Kier alpha value is -0.570. The zero-order valence-corrected chi connectivity index (χ0v) is 10.8. The molecular formula is C14H24N2O. The molecule has 0 aromatic rings. The van der Waals surface area contributed by atoms with Crippen molar-refractivity contribution >= 4 is 5.91 Å². The fourth-order valence-corrected chi connectivity index (χ4v) is 3.63. The van der Waals surface area contributed by atoms with Crippen molar-refractivity contribution in [3.05, 3.63) is 0 Å². The van der Waals surface area contributed by atoms with E-state index in [1.807, 2.05) is 0 Å². The molecule has 3 nitrogen and oxygen atoms in total. The third-order valence-corrected chi connectivity index (χ3v) is 5.36. The molecule has 0 radical (unpaired) electrons. The van der Waals surface area contributed by atoms with Gasteiger partial charge in [0.2, 0.25) is 5.91 Å². The molecule has 3 heteroatoms. The molecule has 0 aromatic carbocycles. The first kappa shape index (κ1) is 11.5. The summed E-state index contributed by atoms with van der Waals surface area (Å²) in [6.45, 7) is 4.36. The van der Waals surface area contributed by atoms with Gasteiger partial charge in [-0.1, -0.05) is 13.3 Å². The van der Waals surface area contributed by atoms with E-state index in [0.717, 1.165) is 25.9 Å². The van der Waals surface area contributed by atoms with Gasteiger partial charge in [-0.3, -0.25) is 4.79 Å². The summed E-state index contributed by atoms with van der Waals surface area (Å²) in [5.41, 5.74) is 0.406. The minimum Gasteiger partial charge on any atom is -0.352 e. The molecule has 3 fully saturated rings. The summed E-state index contributed by atoms with van der Waals surface area (Å²) in [6, 6.07) is 0.453. The monoisotopic (exact) mass is 236 g/mol. The van der Waals surface area contributed by atoms with E-state index in [1.54, 1.807) is 0 Å². The number of carbonyl (C=O) groups is 1. The van der Waals surface area contributed by atoms with Crippen molar-refractivity contribution in [3.63, 3.8) is 0 Å². The van der Waals surface area contributed by atoms with Crippen molar-refractivity contribution in [1.82, 2.24) is 10.6 Å². The van der Waals surface area contributed by atoms with Crippen LogP contribution in [0, 0.1) is 10.8 Å². The van der Waals surface area contributed by atoms with Gasteiger partial charge in [-0.15, -0.1) is 0 Å². The van der Waals surface area contributed by atoms with Crippen molar-refractivity contribution in [2.24, 2.45) is 10.8 Å². The number of nitrogens with one attached hydrogen (secondary N) is 2. The van der Waals surface area contributed by atoms with E-state index < -0.39 is 0 Å². The topological polar surface area (TPSA) is 41.1 Å². The van der Waals surface area contributed by atoms with Crippen molar-refractivity contribution in [2.75, 3.05) is 13.1 Å². The van der Waals surface area contributed by atoms with Crippen LogP contribution in [0.3, 0.4) is 0 Å². The highest BCUT2D eigenvalue weighted by molar-refractivity contribution is 5.85. The normalized spacial score (nSPS) is 33.6. The molecule has 1 saturated heterocycles. The Morgan fingerprint density at radius 3 is 2.53 bits per heavy atom. The van der Waals surface area contributed by atoms with Gasteiger partial charge >= 0.3 is 0 Å². The van der Waals surface area contributed by atoms with E-state index in [-0.39, 0.29) is 5.41 Å². The molecule has 2 saturated carbocycles. The van der Waals surface area contributed by atoms with Gasteiger partial charge in [-0.05, 0) is 57.0 Å². The zero-order valence-electron chi connectivity index (χ0n) is 10.8. The molecule has 3 aliphatic rings. The highest BCUT2D eigenvalue weighted by Gasteiger charge is 2.49. The SMILES string of the molecule is CC1(C(=O)NC2CCCC23CCNCC3)CC1. The second kappa shape index (κ2) is 3.98. The zero-order chi connectivity index (χ0) is 11.9. The molecule has 1 atom stereocenters. The Morgan fingerprint density at radius 1 is 1.18 bits per heavy atom. The summed E-state index contributed by atoms with van der Waals surface area (Å²) in [6.07, 6.45) is 8.46. The predicted molar refractivity (Wildman–Crippen MR) is 67.7 cm³/mol. The van der Waals surface area contributed by atoms with Crippen LogP contribution < -0.4 is 10.6 Å². The number of piperidine rings is 1. The van der Waals surface area contributed by atoms with E-state index in [4.69, 9.17) is 0 Å². The van der Waals surface area contributed by atoms with Crippen LogP contribution in [0.1, 0.15) is 51.9 Å². The van der Waals surface area contributed by atoms with E-state index >= 15 is 0 Å². The third-order valence-electron chi connectivity index (χ3n) is 5.36. The fourth-order valence-electron chi connectivity index (χ4n) is 3.63. The van der Waals surface area contributed by atoms with E-state index in [9.17, 15) is 4.79 Å². The third kappa shape index (κ3) is 1.99. The van der Waals surface area contributed by atoms with Crippen molar-refractivity contribution < 1.29 is 4.79 Å². The first-order valence-electron chi connectivity index (χ1n) is 7.16. The molecule has 17 heavy (non-hydrogen) atoms. The molecule has 1 heterocycles. The van der Waals surface area contributed by atoms with Gasteiger partial charge < -0.3 is 10.6 Å². The molecular weight excluding hydrogens is 212 g/mol. The molecule has 1 aliphatic heterocycles. The Bertz CT molecular complexity index is 316. The van der Waals surface area contributed by atoms with E-state index in [0.29, 0.717) is 17.4 Å². The summed E-state index contributed by atoms with van der Waals surface area (Å²) < 4.78 is 0. The predicted octanol–water partition coefficient (Wildman–Crippen LogP) is 1.82. The van der Waals surface area contributed by atoms with Crippen LogP contribution in [0.15, 0.2) is 0 Å². The van der Waals surface area contributed by atoms with Gasteiger partial charge in [0, 0.05) is 11.5 Å².